The van der Waals surface area contributed by atoms with E-state index in [-0.39, 0.29) is 6.04 Å². The van der Waals surface area contributed by atoms with Crippen molar-refractivity contribution in [2.24, 2.45) is 0 Å². The minimum Gasteiger partial charge on any atom is -0.304 e. The Balaban J connectivity index is 1.70. The van der Waals surface area contributed by atoms with Crippen LogP contribution in [0.25, 0.3) is 0 Å². The van der Waals surface area contributed by atoms with Crippen molar-refractivity contribution >= 4 is 45.6 Å². The molecule has 1 atom stereocenters. The molecule has 2 nitrogen and oxygen atoms in total. The van der Waals surface area contributed by atoms with Gasteiger partial charge in [0.25, 0.3) is 0 Å². The molecule has 20 heavy (non-hydrogen) atoms. The summed E-state index contributed by atoms with van der Waals surface area (Å²) in [4.78, 5) is 6.90. The van der Waals surface area contributed by atoms with E-state index >= 15 is 0 Å². The van der Waals surface area contributed by atoms with Crippen molar-refractivity contribution in [1.82, 2.24) is 10.3 Å². The molecule has 0 aromatic carbocycles. The van der Waals surface area contributed by atoms with Gasteiger partial charge in [0.1, 0.15) is 0 Å². The topological polar surface area (TPSA) is 24.9 Å². The number of halogens is 1. The summed E-state index contributed by atoms with van der Waals surface area (Å²) >= 11 is 11.2. The Bertz CT molecular complexity index is 631. The van der Waals surface area contributed by atoms with Crippen LogP contribution in [0.1, 0.15) is 20.8 Å². The van der Waals surface area contributed by atoms with Gasteiger partial charge < -0.3 is 5.32 Å². The summed E-state index contributed by atoms with van der Waals surface area (Å²) < 4.78 is 0.836. The number of thiophene rings is 2. The first-order chi connectivity index (χ1) is 9.83. The maximum absolute atomic E-state index is 6.07. The van der Waals surface area contributed by atoms with Crippen LogP contribution in [0, 0.1) is 0 Å². The average Bonchev–Trinajstić information content (AvgIpc) is 3.17. The normalized spacial score (nSPS) is 12.7. The molecular weight excluding hydrogens is 328 g/mol. The quantitative estimate of drug-likeness (QED) is 0.694. The molecule has 3 aromatic heterocycles. The van der Waals surface area contributed by atoms with Crippen molar-refractivity contribution in [3.63, 3.8) is 0 Å². The van der Waals surface area contributed by atoms with E-state index in [0.29, 0.717) is 0 Å². The Morgan fingerprint density at radius 3 is 2.75 bits per heavy atom. The molecule has 1 unspecified atom stereocenters. The van der Waals surface area contributed by atoms with E-state index in [2.05, 4.69) is 33.9 Å². The van der Waals surface area contributed by atoms with Gasteiger partial charge in [-0.05, 0) is 23.6 Å². The number of nitrogens with zero attached hydrogens (tertiary/aromatic N) is 1. The summed E-state index contributed by atoms with van der Waals surface area (Å²) in [6.07, 6.45) is 2.81. The number of hydrogen-bond acceptors (Lipinski definition) is 5. The van der Waals surface area contributed by atoms with Crippen molar-refractivity contribution < 1.29 is 0 Å². The molecule has 0 saturated carbocycles. The molecule has 3 aromatic rings. The van der Waals surface area contributed by atoms with Crippen LogP contribution in [-0.4, -0.2) is 11.5 Å². The molecule has 6 heteroatoms. The molecule has 3 heterocycles. The predicted octanol–water partition coefficient (Wildman–Crippen LogP) is 4.84. The highest BCUT2D eigenvalue weighted by Gasteiger charge is 2.16. The molecule has 0 spiro atoms. The second-order valence-electron chi connectivity index (χ2n) is 4.22. The minimum absolute atomic E-state index is 0.229. The first-order valence-corrected chi connectivity index (χ1v) is 9.18. The van der Waals surface area contributed by atoms with Gasteiger partial charge in [-0.25, -0.2) is 4.98 Å². The van der Waals surface area contributed by atoms with E-state index in [4.69, 9.17) is 11.6 Å². The summed E-state index contributed by atoms with van der Waals surface area (Å²) in [5.74, 6) is 0. The Morgan fingerprint density at radius 1 is 1.15 bits per heavy atom. The van der Waals surface area contributed by atoms with Crippen LogP contribution in [-0.2, 0) is 6.42 Å². The summed E-state index contributed by atoms with van der Waals surface area (Å²) in [6.45, 7) is 0.908. The van der Waals surface area contributed by atoms with Gasteiger partial charge in [-0.2, -0.15) is 0 Å². The molecule has 0 aliphatic rings. The van der Waals surface area contributed by atoms with E-state index < -0.39 is 0 Å². The first kappa shape index (κ1) is 14.2. The molecule has 0 aliphatic heterocycles. The maximum Gasteiger partial charge on any atom is 0.0937 e. The van der Waals surface area contributed by atoms with E-state index in [1.54, 1.807) is 34.0 Å². The largest absolute Gasteiger partial charge is 0.304 e. The van der Waals surface area contributed by atoms with Gasteiger partial charge in [0.15, 0.2) is 0 Å². The van der Waals surface area contributed by atoms with Crippen LogP contribution in [0.3, 0.4) is 0 Å². The summed E-state index contributed by atoms with van der Waals surface area (Å²) in [7, 11) is 0. The highest BCUT2D eigenvalue weighted by molar-refractivity contribution is 7.16. The lowest BCUT2D eigenvalue weighted by molar-refractivity contribution is 0.620. The molecule has 0 bridgehead atoms. The molecular formula is C14H13ClN2S3. The highest BCUT2D eigenvalue weighted by atomic mass is 35.5. The van der Waals surface area contributed by atoms with Crippen LogP contribution in [0.4, 0.5) is 0 Å². The van der Waals surface area contributed by atoms with Crippen LogP contribution in [0.2, 0.25) is 4.34 Å². The van der Waals surface area contributed by atoms with Crippen LogP contribution >= 0.6 is 45.6 Å². The molecule has 0 aliphatic carbocycles. The number of hydrogen-bond donors (Lipinski definition) is 1. The molecule has 0 radical (unpaired) electrons. The van der Waals surface area contributed by atoms with Gasteiger partial charge in [-0.15, -0.1) is 34.0 Å². The molecule has 0 amide bonds. The molecule has 3 rings (SSSR count). The Labute approximate surface area is 135 Å². The predicted molar refractivity (Wildman–Crippen MR) is 89.3 cm³/mol. The van der Waals surface area contributed by atoms with Crippen molar-refractivity contribution in [1.29, 1.82) is 0 Å². The van der Waals surface area contributed by atoms with Gasteiger partial charge in [0.05, 0.1) is 15.4 Å². The Kier molecular flexibility index (Phi) is 4.86. The third kappa shape index (κ3) is 3.48. The minimum atomic E-state index is 0.229. The smallest absolute Gasteiger partial charge is 0.0937 e. The second-order valence-corrected chi connectivity index (χ2v) is 7.93. The van der Waals surface area contributed by atoms with Gasteiger partial charge >= 0.3 is 0 Å². The highest BCUT2D eigenvalue weighted by Crippen LogP contribution is 2.33. The third-order valence-corrected chi connectivity index (χ3v) is 5.95. The number of nitrogens with one attached hydrogen (secondary N) is 1. The van der Waals surface area contributed by atoms with Gasteiger partial charge in [0, 0.05) is 34.3 Å². The van der Waals surface area contributed by atoms with Crippen LogP contribution in [0.5, 0.6) is 0 Å². The standard InChI is InChI=1S/C14H13ClN2S3/c15-12-4-3-11(20-12)14(10-2-1-8-18-10)17-6-5-13-16-7-9-19-13/h1-4,7-9,14,17H,5-6H2. The third-order valence-electron chi connectivity index (χ3n) is 2.88. The van der Waals surface area contributed by atoms with Crippen LogP contribution < -0.4 is 5.32 Å². The number of aromatic nitrogens is 1. The zero-order valence-corrected chi connectivity index (χ0v) is 13.8. The van der Waals surface area contributed by atoms with Gasteiger partial charge in [-0.1, -0.05) is 17.7 Å². The van der Waals surface area contributed by atoms with Crippen molar-refractivity contribution in [3.8, 4) is 0 Å². The Morgan fingerprint density at radius 2 is 2.10 bits per heavy atom. The lowest BCUT2D eigenvalue weighted by Gasteiger charge is -2.15. The molecule has 0 fully saturated rings. The maximum atomic E-state index is 6.07. The van der Waals surface area contributed by atoms with E-state index in [0.717, 1.165) is 17.3 Å². The van der Waals surface area contributed by atoms with E-state index in [9.17, 15) is 0 Å². The molecule has 1 N–H and O–H groups in total. The monoisotopic (exact) mass is 340 g/mol. The summed E-state index contributed by atoms with van der Waals surface area (Å²) in [5, 5.41) is 8.92. The lowest BCUT2D eigenvalue weighted by Crippen LogP contribution is -2.23. The summed E-state index contributed by atoms with van der Waals surface area (Å²) in [5.41, 5.74) is 0. The van der Waals surface area contributed by atoms with Crippen molar-refractivity contribution in [2.75, 3.05) is 6.54 Å². The average molecular weight is 341 g/mol. The fraction of sp³-hybridized carbons (Fsp3) is 0.214. The summed E-state index contributed by atoms with van der Waals surface area (Å²) in [6, 6.07) is 8.55. The Hall–Kier alpha value is -0.720. The van der Waals surface area contributed by atoms with Crippen LogP contribution in [0.15, 0.2) is 41.2 Å². The van der Waals surface area contributed by atoms with E-state index in [1.165, 1.54) is 14.8 Å². The first-order valence-electron chi connectivity index (χ1n) is 6.23. The zero-order chi connectivity index (χ0) is 13.8. The SMILES string of the molecule is Clc1ccc(C(NCCc2nccs2)c2cccs2)s1. The van der Waals surface area contributed by atoms with Gasteiger partial charge in [-0.3, -0.25) is 0 Å². The van der Waals surface area contributed by atoms with Crippen molar-refractivity contribution in [2.45, 2.75) is 12.5 Å². The molecule has 0 saturated heterocycles. The van der Waals surface area contributed by atoms with Crippen molar-refractivity contribution in [3.05, 3.63) is 60.3 Å². The lowest BCUT2D eigenvalue weighted by atomic mass is 10.2. The van der Waals surface area contributed by atoms with E-state index in [1.807, 2.05) is 17.6 Å². The molecule has 104 valence electrons. The fourth-order valence-electron chi connectivity index (χ4n) is 1.98. The van der Waals surface area contributed by atoms with Gasteiger partial charge in [0.2, 0.25) is 0 Å². The zero-order valence-electron chi connectivity index (χ0n) is 10.6. The second kappa shape index (κ2) is 6.83. The fourth-order valence-corrected chi connectivity index (χ4v) is 4.65. The number of rotatable bonds is 6. The number of thiazole rings is 1.